The number of carbonyl (C=O) groups is 2. The zero-order chi connectivity index (χ0) is 17.9. The smallest absolute Gasteiger partial charge is 0.338 e. The molecule has 0 saturated heterocycles. The fraction of sp³-hybridized carbons (Fsp3) is 0.176. The number of rotatable bonds is 4. The molecule has 0 bridgehead atoms. The third-order valence-corrected chi connectivity index (χ3v) is 4.26. The Morgan fingerprint density at radius 3 is 2.33 bits per heavy atom. The van der Waals surface area contributed by atoms with Crippen LogP contribution in [0.4, 0.5) is 5.69 Å². The molecule has 1 N–H and O–H groups in total. The highest BCUT2D eigenvalue weighted by atomic mass is 35.5. The zero-order valence-corrected chi connectivity index (χ0v) is 15.2. The summed E-state index contributed by atoms with van der Waals surface area (Å²) in [6.07, 6.45) is 0. The Morgan fingerprint density at radius 1 is 1.00 bits per heavy atom. The number of esters is 1. The summed E-state index contributed by atoms with van der Waals surface area (Å²) in [5.41, 5.74) is 2.53. The lowest BCUT2D eigenvalue weighted by atomic mass is 10.1. The van der Waals surface area contributed by atoms with E-state index in [1.165, 1.54) is 12.1 Å². The molecule has 0 aliphatic heterocycles. The largest absolute Gasteiger partial charge is 0.452 e. The van der Waals surface area contributed by atoms with Gasteiger partial charge in [-0.1, -0.05) is 52.5 Å². The fourth-order valence-corrected chi connectivity index (χ4v) is 2.65. The van der Waals surface area contributed by atoms with Crippen LogP contribution in [-0.2, 0) is 9.53 Å². The van der Waals surface area contributed by atoms with Crippen LogP contribution in [0.2, 0.25) is 15.1 Å². The molecule has 0 radical (unpaired) electrons. The predicted molar refractivity (Wildman–Crippen MR) is 96.3 cm³/mol. The quantitative estimate of drug-likeness (QED) is 0.590. The predicted octanol–water partition coefficient (Wildman–Crippen LogP) is 5.06. The first-order valence-corrected chi connectivity index (χ1v) is 8.10. The van der Waals surface area contributed by atoms with Crippen LogP contribution >= 0.6 is 34.8 Å². The van der Waals surface area contributed by atoms with E-state index in [0.717, 1.165) is 11.1 Å². The Balaban J connectivity index is 1.98. The second-order valence-electron chi connectivity index (χ2n) is 5.19. The van der Waals surface area contributed by atoms with Crippen LogP contribution in [-0.4, -0.2) is 18.5 Å². The molecule has 0 aliphatic carbocycles. The Labute approximate surface area is 154 Å². The van der Waals surface area contributed by atoms with Gasteiger partial charge in [-0.3, -0.25) is 4.79 Å². The zero-order valence-electron chi connectivity index (χ0n) is 13.0. The van der Waals surface area contributed by atoms with Gasteiger partial charge in [-0.25, -0.2) is 4.79 Å². The molecule has 24 heavy (non-hydrogen) atoms. The van der Waals surface area contributed by atoms with E-state index >= 15 is 0 Å². The molecule has 2 aromatic rings. The first kappa shape index (κ1) is 18.6. The maximum atomic E-state index is 12.0. The fourth-order valence-electron chi connectivity index (χ4n) is 2.06. The molecule has 1 amide bonds. The van der Waals surface area contributed by atoms with Gasteiger partial charge >= 0.3 is 5.97 Å². The first-order valence-electron chi connectivity index (χ1n) is 6.96. The van der Waals surface area contributed by atoms with Crippen LogP contribution in [0, 0.1) is 13.8 Å². The van der Waals surface area contributed by atoms with Crippen LogP contribution in [0.5, 0.6) is 0 Å². The standard InChI is InChI=1S/C17H14Cl3NO3/c1-9-3-4-11(10(2)5-9)17(23)24-8-16(22)21-15-7-13(19)12(18)6-14(15)20/h3-7H,8H2,1-2H3,(H,21,22). The van der Waals surface area contributed by atoms with Crippen molar-refractivity contribution in [2.24, 2.45) is 0 Å². The van der Waals surface area contributed by atoms with Gasteiger partial charge in [-0.05, 0) is 37.6 Å². The van der Waals surface area contributed by atoms with Crippen molar-refractivity contribution in [2.45, 2.75) is 13.8 Å². The van der Waals surface area contributed by atoms with Crippen molar-refractivity contribution in [1.29, 1.82) is 0 Å². The molecule has 0 saturated carbocycles. The summed E-state index contributed by atoms with van der Waals surface area (Å²) in [7, 11) is 0. The number of hydrogen-bond donors (Lipinski definition) is 1. The molecule has 2 aromatic carbocycles. The Hall–Kier alpha value is -1.75. The minimum Gasteiger partial charge on any atom is -0.452 e. The van der Waals surface area contributed by atoms with Crippen LogP contribution in [0.15, 0.2) is 30.3 Å². The maximum Gasteiger partial charge on any atom is 0.338 e. The van der Waals surface area contributed by atoms with E-state index in [0.29, 0.717) is 11.3 Å². The lowest BCUT2D eigenvalue weighted by Crippen LogP contribution is -2.21. The van der Waals surface area contributed by atoms with Crippen molar-refractivity contribution < 1.29 is 14.3 Å². The molecule has 0 fully saturated rings. The van der Waals surface area contributed by atoms with Crippen molar-refractivity contribution in [3.8, 4) is 0 Å². The van der Waals surface area contributed by atoms with Crippen molar-refractivity contribution in [1.82, 2.24) is 0 Å². The molecule has 0 atom stereocenters. The molecular formula is C17H14Cl3NO3. The number of nitrogens with one attached hydrogen (secondary N) is 1. The number of hydrogen-bond acceptors (Lipinski definition) is 3. The van der Waals surface area contributed by atoms with Crippen LogP contribution in [0.25, 0.3) is 0 Å². The van der Waals surface area contributed by atoms with Crippen LogP contribution < -0.4 is 5.32 Å². The lowest BCUT2D eigenvalue weighted by Gasteiger charge is -2.10. The number of halogens is 3. The molecule has 0 heterocycles. The Bertz CT molecular complexity index is 806. The minimum atomic E-state index is -0.567. The molecule has 2 rings (SSSR count). The van der Waals surface area contributed by atoms with Gasteiger partial charge in [0.25, 0.3) is 5.91 Å². The number of carbonyl (C=O) groups excluding carboxylic acids is 2. The molecule has 7 heteroatoms. The van der Waals surface area contributed by atoms with Gasteiger partial charge in [-0.15, -0.1) is 0 Å². The van der Waals surface area contributed by atoms with E-state index in [9.17, 15) is 9.59 Å². The van der Waals surface area contributed by atoms with Gasteiger partial charge in [-0.2, -0.15) is 0 Å². The molecule has 4 nitrogen and oxygen atoms in total. The number of aryl methyl sites for hydroxylation is 2. The number of ether oxygens (including phenoxy) is 1. The normalized spacial score (nSPS) is 10.4. The second kappa shape index (κ2) is 7.88. The van der Waals surface area contributed by atoms with Gasteiger partial charge in [0, 0.05) is 0 Å². The topological polar surface area (TPSA) is 55.4 Å². The van der Waals surface area contributed by atoms with E-state index < -0.39 is 18.5 Å². The average Bonchev–Trinajstić information content (AvgIpc) is 2.50. The highest BCUT2D eigenvalue weighted by molar-refractivity contribution is 6.44. The SMILES string of the molecule is Cc1ccc(C(=O)OCC(=O)Nc2cc(Cl)c(Cl)cc2Cl)c(C)c1. The van der Waals surface area contributed by atoms with Crippen molar-refractivity contribution in [3.63, 3.8) is 0 Å². The van der Waals surface area contributed by atoms with Crippen LogP contribution in [0.3, 0.4) is 0 Å². The summed E-state index contributed by atoms with van der Waals surface area (Å²) in [6, 6.07) is 8.19. The average molecular weight is 387 g/mol. The van der Waals surface area contributed by atoms with E-state index in [2.05, 4.69) is 5.32 Å². The monoisotopic (exact) mass is 385 g/mol. The van der Waals surface area contributed by atoms with E-state index in [1.54, 1.807) is 19.1 Å². The Morgan fingerprint density at radius 2 is 1.67 bits per heavy atom. The molecule has 0 spiro atoms. The molecule has 0 aliphatic rings. The van der Waals surface area contributed by atoms with E-state index in [4.69, 9.17) is 39.5 Å². The molecular weight excluding hydrogens is 373 g/mol. The van der Waals surface area contributed by atoms with Crippen molar-refractivity contribution in [2.75, 3.05) is 11.9 Å². The molecule has 0 unspecified atom stereocenters. The summed E-state index contributed by atoms with van der Waals surface area (Å²) in [6.45, 7) is 3.29. The summed E-state index contributed by atoms with van der Waals surface area (Å²) in [5.74, 6) is -1.10. The highest BCUT2D eigenvalue weighted by Gasteiger charge is 2.14. The summed E-state index contributed by atoms with van der Waals surface area (Å²) in [5, 5.41) is 3.28. The first-order chi connectivity index (χ1) is 11.3. The van der Waals surface area contributed by atoms with Gasteiger partial charge in [0.05, 0.1) is 26.3 Å². The van der Waals surface area contributed by atoms with E-state index in [-0.39, 0.29) is 15.1 Å². The van der Waals surface area contributed by atoms with E-state index in [1.807, 2.05) is 13.0 Å². The second-order valence-corrected chi connectivity index (χ2v) is 6.41. The lowest BCUT2D eigenvalue weighted by molar-refractivity contribution is -0.119. The third-order valence-electron chi connectivity index (χ3n) is 3.22. The maximum absolute atomic E-state index is 12.0. The van der Waals surface area contributed by atoms with Gasteiger partial charge in [0.15, 0.2) is 6.61 Å². The third kappa shape index (κ3) is 4.63. The number of amides is 1. The van der Waals surface area contributed by atoms with Gasteiger partial charge in [0.2, 0.25) is 0 Å². The van der Waals surface area contributed by atoms with Crippen molar-refractivity contribution in [3.05, 3.63) is 62.1 Å². The van der Waals surface area contributed by atoms with Gasteiger partial charge < -0.3 is 10.1 Å². The summed E-state index contributed by atoms with van der Waals surface area (Å²) in [4.78, 5) is 23.9. The summed E-state index contributed by atoms with van der Waals surface area (Å²) >= 11 is 17.7. The summed E-state index contributed by atoms with van der Waals surface area (Å²) < 4.78 is 5.02. The van der Waals surface area contributed by atoms with Gasteiger partial charge in [0.1, 0.15) is 0 Å². The number of anilines is 1. The van der Waals surface area contributed by atoms with Crippen molar-refractivity contribution >= 4 is 52.4 Å². The number of benzene rings is 2. The molecule has 0 aromatic heterocycles. The highest BCUT2D eigenvalue weighted by Crippen LogP contribution is 2.32. The minimum absolute atomic E-state index is 0.235. The Kier molecular flexibility index (Phi) is 6.10. The molecule has 126 valence electrons. The van der Waals surface area contributed by atoms with Crippen LogP contribution in [0.1, 0.15) is 21.5 Å².